The largest absolute Gasteiger partial charge is 0.357 e. The molecule has 2 rings (SSSR count). The number of amides is 1. The number of carbonyl (C=O) groups excluding carboxylic acids is 1. The Kier molecular flexibility index (Phi) is 2.96. The SMILES string of the molecule is Cc1c(C(=O)N=O)cccc1N1CCNC1. The van der Waals surface area contributed by atoms with Crippen molar-refractivity contribution in [3.05, 3.63) is 34.2 Å². The van der Waals surface area contributed by atoms with Gasteiger partial charge < -0.3 is 4.90 Å². The molecular weight excluding hydrogens is 206 g/mol. The second-order valence-electron chi connectivity index (χ2n) is 3.77. The van der Waals surface area contributed by atoms with Gasteiger partial charge in [-0.05, 0) is 24.6 Å². The molecule has 1 heterocycles. The van der Waals surface area contributed by atoms with E-state index in [1.807, 2.05) is 13.0 Å². The average molecular weight is 219 g/mol. The Balaban J connectivity index is 2.39. The van der Waals surface area contributed by atoms with Crippen molar-refractivity contribution in [1.82, 2.24) is 5.32 Å². The molecule has 84 valence electrons. The summed E-state index contributed by atoms with van der Waals surface area (Å²) in [5.74, 6) is -0.702. The average Bonchev–Trinajstić information content (AvgIpc) is 2.82. The summed E-state index contributed by atoms with van der Waals surface area (Å²) in [7, 11) is 0. The number of anilines is 1. The topological polar surface area (TPSA) is 61.8 Å². The molecule has 0 radical (unpaired) electrons. The molecule has 1 aromatic carbocycles. The summed E-state index contributed by atoms with van der Waals surface area (Å²) in [6.45, 7) is 4.45. The van der Waals surface area contributed by atoms with Gasteiger partial charge in [0.1, 0.15) is 0 Å². The van der Waals surface area contributed by atoms with Gasteiger partial charge >= 0.3 is 5.91 Å². The van der Waals surface area contributed by atoms with Gasteiger partial charge in [0, 0.05) is 24.0 Å². The van der Waals surface area contributed by atoms with Crippen LogP contribution in [0.25, 0.3) is 0 Å². The Bertz CT molecular complexity index is 425. The Morgan fingerprint density at radius 3 is 2.94 bits per heavy atom. The molecule has 1 saturated heterocycles. The van der Waals surface area contributed by atoms with Gasteiger partial charge in [0.25, 0.3) is 0 Å². The molecule has 1 aliphatic heterocycles. The van der Waals surface area contributed by atoms with Crippen LogP contribution in [0, 0.1) is 11.8 Å². The van der Waals surface area contributed by atoms with Crippen LogP contribution in [0.5, 0.6) is 0 Å². The van der Waals surface area contributed by atoms with Gasteiger partial charge in [0.05, 0.1) is 12.2 Å². The summed E-state index contributed by atoms with van der Waals surface area (Å²) < 4.78 is 0. The van der Waals surface area contributed by atoms with E-state index < -0.39 is 5.91 Å². The van der Waals surface area contributed by atoms with E-state index in [9.17, 15) is 9.70 Å². The van der Waals surface area contributed by atoms with Crippen molar-refractivity contribution in [1.29, 1.82) is 0 Å². The summed E-state index contributed by atoms with van der Waals surface area (Å²) in [5, 5.41) is 5.68. The van der Waals surface area contributed by atoms with E-state index in [4.69, 9.17) is 0 Å². The second kappa shape index (κ2) is 4.40. The number of nitrogens with one attached hydrogen (secondary N) is 1. The number of rotatable bonds is 2. The summed E-state index contributed by atoms with van der Waals surface area (Å²) >= 11 is 0. The molecule has 0 spiro atoms. The first kappa shape index (κ1) is 10.8. The standard InChI is InChI=1S/C11H13N3O2/c1-8-9(11(15)13-16)3-2-4-10(8)14-6-5-12-7-14/h2-4,12H,5-7H2,1H3. The zero-order chi connectivity index (χ0) is 11.5. The van der Waals surface area contributed by atoms with Crippen LogP contribution in [0.1, 0.15) is 15.9 Å². The quantitative estimate of drug-likeness (QED) is 0.761. The first-order valence-electron chi connectivity index (χ1n) is 5.17. The third-order valence-corrected chi connectivity index (χ3v) is 2.82. The van der Waals surface area contributed by atoms with Crippen LogP contribution in [0.2, 0.25) is 0 Å². The number of benzene rings is 1. The predicted octanol–water partition coefficient (Wildman–Crippen LogP) is 1.27. The lowest BCUT2D eigenvalue weighted by molar-refractivity contribution is 0.100. The van der Waals surface area contributed by atoms with Crippen molar-refractivity contribution >= 4 is 11.6 Å². The summed E-state index contributed by atoms with van der Waals surface area (Å²) in [4.78, 5) is 23.7. The maximum Gasteiger partial charge on any atom is 0.317 e. The fraction of sp³-hybridized carbons (Fsp3) is 0.364. The summed E-state index contributed by atoms with van der Waals surface area (Å²) in [6, 6.07) is 5.36. The molecule has 0 aliphatic carbocycles. The van der Waals surface area contributed by atoms with Crippen molar-refractivity contribution in [2.75, 3.05) is 24.7 Å². The van der Waals surface area contributed by atoms with Gasteiger partial charge in [0.15, 0.2) is 0 Å². The number of nitroso groups, excluding NO2 is 1. The highest BCUT2D eigenvalue weighted by Crippen LogP contribution is 2.24. The predicted molar refractivity (Wildman–Crippen MR) is 61.5 cm³/mol. The van der Waals surface area contributed by atoms with E-state index >= 15 is 0 Å². The molecule has 1 aromatic rings. The molecule has 0 saturated carbocycles. The maximum atomic E-state index is 11.3. The number of hydrogen-bond donors (Lipinski definition) is 1. The monoisotopic (exact) mass is 219 g/mol. The maximum absolute atomic E-state index is 11.3. The summed E-state index contributed by atoms with van der Waals surface area (Å²) in [5.41, 5.74) is 2.19. The molecule has 1 fully saturated rings. The zero-order valence-corrected chi connectivity index (χ0v) is 9.06. The Hall–Kier alpha value is -1.75. The smallest absolute Gasteiger partial charge is 0.317 e. The molecule has 0 aromatic heterocycles. The molecule has 5 nitrogen and oxygen atoms in total. The fourth-order valence-electron chi connectivity index (χ4n) is 1.96. The second-order valence-corrected chi connectivity index (χ2v) is 3.77. The van der Waals surface area contributed by atoms with E-state index in [2.05, 4.69) is 15.4 Å². The van der Waals surface area contributed by atoms with Gasteiger partial charge in [-0.15, -0.1) is 4.91 Å². The van der Waals surface area contributed by atoms with E-state index in [-0.39, 0.29) is 0 Å². The van der Waals surface area contributed by atoms with Crippen molar-refractivity contribution in [3.8, 4) is 0 Å². The third kappa shape index (κ3) is 1.81. The zero-order valence-electron chi connectivity index (χ0n) is 9.06. The lowest BCUT2D eigenvalue weighted by atomic mass is 10.1. The molecular formula is C11H13N3O2. The van der Waals surface area contributed by atoms with Gasteiger partial charge in [0.2, 0.25) is 0 Å². The normalized spacial score (nSPS) is 15.2. The number of hydrogen-bond acceptors (Lipinski definition) is 4. The first-order valence-corrected chi connectivity index (χ1v) is 5.17. The lowest BCUT2D eigenvalue weighted by Gasteiger charge is -2.20. The van der Waals surface area contributed by atoms with Crippen molar-refractivity contribution in [2.45, 2.75) is 6.92 Å². The van der Waals surface area contributed by atoms with E-state index in [1.54, 1.807) is 12.1 Å². The third-order valence-electron chi connectivity index (χ3n) is 2.82. The minimum absolute atomic E-state index is 0.388. The van der Waals surface area contributed by atoms with Crippen LogP contribution in [-0.4, -0.2) is 25.7 Å². The van der Waals surface area contributed by atoms with Gasteiger partial charge in [-0.1, -0.05) is 6.07 Å². The van der Waals surface area contributed by atoms with Crippen molar-refractivity contribution in [3.63, 3.8) is 0 Å². The highest BCUT2D eigenvalue weighted by molar-refractivity contribution is 5.97. The van der Waals surface area contributed by atoms with Gasteiger partial charge in [-0.25, -0.2) is 0 Å². The minimum atomic E-state index is -0.702. The van der Waals surface area contributed by atoms with Crippen LogP contribution < -0.4 is 10.2 Å². The van der Waals surface area contributed by atoms with Crippen LogP contribution in [0.15, 0.2) is 23.4 Å². The van der Waals surface area contributed by atoms with Gasteiger partial charge in [-0.3, -0.25) is 10.1 Å². The fourth-order valence-corrected chi connectivity index (χ4v) is 1.96. The van der Waals surface area contributed by atoms with Crippen LogP contribution >= 0.6 is 0 Å². The Labute approximate surface area is 93.4 Å². The molecule has 1 amide bonds. The molecule has 0 unspecified atom stereocenters. The minimum Gasteiger partial charge on any atom is -0.357 e. The van der Waals surface area contributed by atoms with E-state index in [1.165, 1.54) is 0 Å². The van der Waals surface area contributed by atoms with Crippen molar-refractivity contribution in [2.24, 2.45) is 5.18 Å². The van der Waals surface area contributed by atoms with Gasteiger partial charge in [-0.2, -0.15) is 0 Å². The molecule has 16 heavy (non-hydrogen) atoms. The highest BCUT2D eigenvalue weighted by atomic mass is 16.3. The Morgan fingerprint density at radius 1 is 1.50 bits per heavy atom. The van der Waals surface area contributed by atoms with E-state index in [0.29, 0.717) is 5.56 Å². The molecule has 0 bridgehead atoms. The first-order chi connectivity index (χ1) is 7.74. The number of carbonyl (C=O) groups is 1. The van der Waals surface area contributed by atoms with Crippen LogP contribution in [0.4, 0.5) is 5.69 Å². The highest BCUT2D eigenvalue weighted by Gasteiger charge is 2.17. The molecule has 0 atom stereocenters. The van der Waals surface area contributed by atoms with Crippen LogP contribution in [-0.2, 0) is 0 Å². The lowest BCUT2D eigenvalue weighted by Crippen LogP contribution is -2.22. The number of nitrogens with zero attached hydrogens (tertiary/aromatic N) is 2. The van der Waals surface area contributed by atoms with Crippen molar-refractivity contribution < 1.29 is 4.79 Å². The summed E-state index contributed by atoms with van der Waals surface area (Å²) in [6.07, 6.45) is 0. The van der Waals surface area contributed by atoms with E-state index in [0.717, 1.165) is 31.0 Å². The Morgan fingerprint density at radius 2 is 2.31 bits per heavy atom. The van der Waals surface area contributed by atoms with Crippen LogP contribution in [0.3, 0.4) is 0 Å². The molecule has 5 heteroatoms. The molecule has 1 aliphatic rings. The molecule has 1 N–H and O–H groups in total.